The first-order valence-electron chi connectivity index (χ1n) is 6.80. The number of nitriles is 1. The summed E-state index contributed by atoms with van der Waals surface area (Å²) in [6.45, 7) is 2.24. The van der Waals surface area contributed by atoms with Crippen molar-refractivity contribution in [2.24, 2.45) is 5.92 Å². The molecule has 1 aliphatic carbocycles. The van der Waals surface area contributed by atoms with Gasteiger partial charge in [-0.15, -0.1) is 0 Å². The number of hydrogen-bond acceptors (Lipinski definition) is 1. The predicted molar refractivity (Wildman–Crippen MR) is 70.6 cm³/mol. The van der Waals surface area contributed by atoms with E-state index in [2.05, 4.69) is 25.1 Å². The summed E-state index contributed by atoms with van der Waals surface area (Å²) < 4.78 is 0. The molecule has 1 aromatic rings. The van der Waals surface area contributed by atoms with Gasteiger partial charge < -0.3 is 0 Å². The highest BCUT2D eigenvalue weighted by molar-refractivity contribution is 5.41. The third-order valence-electron chi connectivity index (χ3n) is 4.00. The van der Waals surface area contributed by atoms with Crippen LogP contribution in [0, 0.1) is 17.2 Å². The summed E-state index contributed by atoms with van der Waals surface area (Å²) in [5.41, 5.74) is 1.08. The smallest absolute Gasteiger partial charge is 0.0854 e. The fourth-order valence-corrected chi connectivity index (χ4v) is 2.79. The van der Waals surface area contributed by atoms with Crippen LogP contribution in [0.15, 0.2) is 30.3 Å². The van der Waals surface area contributed by atoms with E-state index in [-0.39, 0.29) is 5.41 Å². The van der Waals surface area contributed by atoms with Gasteiger partial charge in [0, 0.05) is 0 Å². The number of benzene rings is 1. The molecule has 17 heavy (non-hydrogen) atoms. The van der Waals surface area contributed by atoms with E-state index in [4.69, 9.17) is 0 Å². The average molecular weight is 227 g/mol. The number of rotatable bonds is 6. The summed E-state index contributed by atoms with van der Waals surface area (Å²) in [6.07, 6.45) is 7.52. The van der Waals surface area contributed by atoms with E-state index < -0.39 is 0 Å². The van der Waals surface area contributed by atoms with Gasteiger partial charge in [-0.3, -0.25) is 0 Å². The van der Waals surface area contributed by atoms with Crippen LogP contribution in [0.5, 0.6) is 0 Å². The van der Waals surface area contributed by atoms with Crippen LogP contribution < -0.4 is 0 Å². The minimum Gasteiger partial charge on any atom is -0.197 e. The highest BCUT2D eigenvalue weighted by Crippen LogP contribution is 2.56. The first-order valence-corrected chi connectivity index (χ1v) is 6.80. The van der Waals surface area contributed by atoms with Gasteiger partial charge in [0.25, 0.3) is 0 Å². The molecule has 0 spiro atoms. The van der Waals surface area contributed by atoms with Crippen LogP contribution in [-0.2, 0) is 5.41 Å². The number of unbranched alkanes of at least 4 members (excludes halogenated alkanes) is 3. The summed E-state index contributed by atoms with van der Waals surface area (Å²) in [5.74, 6) is 0.603. The second kappa shape index (κ2) is 5.36. The van der Waals surface area contributed by atoms with E-state index >= 15 is 0 Å². The summed E-state index contributed by atoms with van der Waals surface area (Å²) in [7, 11) is 0. The molecule has 0 bridgehead atoms. The van der Waals surface area contributed by atoms with Crippen molar-refractivity contribution in [3.63, 3.8) is 0 Å². The van der Waals surface area contributed by atoms with Gasteiger partial charge in [-0.05, 0) is 24.3 Å². The molecule has 1 aromatic carbocycles. The molecule has 1 nitrogen and oxygen atoms in total. The molecule has 1 heteroatoms. The SMILES string of the molecule is CCCCCC[C@@H]1C[C@@]1(C#N)c1ccccc1. The Balaban J connectivity index is 1.91. The van der Waals surface area contributed by atoms with Crippen LogP contribution in [0.4, 0.5) is 0 Å². The molecule has 2 atom stereocenters. The molecule has 0 amide bonds. The van der Waals surface area contributed by atoms with E-state index in [1.807, 2.05) is 18.2 Å². The van der Waals surface area contributed by atoms with Crippen molar-refractivity contribution in [1.29, 1.82) is 5.26 Å². The second-order valence-corrected chi connectivity index (χ2v) is 5.20. The Hall–Kier alpha value is -1.29. The van der Waals surface area contributed by atoms with Gasteiger partial charge >= 0.3 is 0 Å². The summed E-state index contributed by atoms with van der Waals surface area (Å²) in [5, 5.41) is 9.43. The Labute approximate surface area is 104 Å². The Bertz CT molecular complexity index is 390. The summed E-state index contributed by atoms with van der Waals surface area (Å²) in [6, 6.07) is 12.9. The van der Waals surface area contributed by atoms with Gasteiger partial charge in [-0.25, -0.2) is 0 Å². The maximum absolute atomic E-state index is 9.43. The van der Waals surface area contributed by atoms with E-state index in [1.165, 1.54) is 37.7 Å². The average Bonchev–Trinajstić information content (AvgIpc) is 3.11. The van der Waals surface area contributed by atoms with Gasteiger partial charge in [-0.1, -0.05) is 62.9 Å². The van der Waals surface area contributed by atoms with Crippen LogP contribution in [0.25, 0.3) is 0 Å². The fraction of sp³-hybridized carbons (Fsp3) is 0.562. The normalized spacial score (nSPS) is 26.5. The molecule has 90 valence electrons. The van der Waals surface area contributed by atoms with Crippen molar-refractivity contribution >= 4 is 0 Å². The first kappa shape index (κ1) is 12.2. The third kappa shape index (κ3) is 2.52. The van der Waals surface area contributed by atoms with Crippen LogP contribution in [-0.4, -0.2) is 0 Å². The molecule has 0 aromatic heterocycles. The van der Waals surface area contributed by atoms with Crippen LogP contribution >= 0.6 is 0 Å². The van der Waals surface area contributed by atoms with Crippen molar-refractivity contribution in [1.82, 2.24) is 0 Å². The molecule has 0 aliphatic heterocycles. The lowest BCUT2D eigenvalue weighted by Crippen LogP contribution is -2.06. The highest BCUT2D eigenvalue weighted by atomic mass is 14.6. The second-order valence-electron chi connectivity index (χ2n) is 5.20. The molecule has 0 heterocycles. The molecule has 1 fully saturated rings. The van der Waals surface area contributed by atoms with Gasteiger partial charge in [0.15, 0.2) is 0 Å². The third-order valence-corrected chi connectivity index (χ3v) is 4.00. The number of hydrogen-bond donors (Lipinski definition) is 0. The van der Waals surface area contributed by atoms with Crippen molar-refractivity contribution in [2.45, 2.75) is 50.9 Å². The Morgan fingerprint density at radius 3 is 2.65 bits per heavy atom. The molecule has 0 saturated heterocycles. The van der Waals surface area contributed by atoms with Crippen LogP contribution in [0.3, 0.4) is 0 Å². The maximum atomic E-state index is 9.43. The van der Waals surface area contributed by atoms with E-state index in [9.17, 15) is 5.26 Å². The largest absolute Gasteiger partial charge is 0.197 e. The number of nitrogens with zero attached hydrogens (tertiary/aromatic N) is 1. The van der Waals surface area contributed by atoms with Gasteiger partial charge in [0.2, 0.25) is 0 Å². The Morgan fingerprint density at radius 1 is 1.24 bits per heavy atom. The minimum atomic E-state index is -0.145. The first-order chi connectivity index (χ1) is 8.33. The fourth-order valence-electron chi connectivity index (χ4n) is 2.79. The van der Waals surface area contributed by atoms with Crippen molar-refractivity contribution in [3.05, 3.63) is 35.9 Å². The zero-order valence-electron chi connectivity index (χ0n) is 10.7. The topological polar surface area (TPSA) is 23.8 Å². The molecular weight excluding hydrogens is 206 g/mol. The molecule has 1 aliphatic rings. The quantitative estimate of drug-likeness (QED) is 0.659. The molecule has 0 unspecified atom stereocenters. The molecule has 0 N–H and O–H groups in total. The molecule has 2 rings (SSSR count). The lowest BCUT2D eigenvalue weighted by molar-refractivity contribution is 0.571. The Kier molecular flexibility index (Phi) is 3.84. The van der Waals surface area contributed by atoms with E-state index in [1.54, 1.807) is 0 Å². The lowest BCUT2D eigenvalue weighted by atomic mass is 9.93. The lowest BCUT2D eigenvalue weighted by Gasteiger charge is -2.08. The van der Waals surface area contributed by atoms with Crippen molar-refractivity contribution < 1.29 is 0 Å². The van der Waals surface area contributed by atoms with Gasteiger partial charge in [0.1, 0.15) is 0 Å². The van der Waals surface area contributed by atoms with Crippen LogP contribution in [0.2, 0.25) is 0 Å². The zero-order valence-corrected chi connectivity index (χ0v) is 10.7. The zero-order chi connectivity index (χ0) is 12.1. The molecular formula is C16H21N. The predicted octanol–water partition coefficient (Wildman–Crippen LogP) is 4.44. The van der Waals surface area contributed by atoms with Gasteiger partial charge in [0.05, 0.1) is 11.5 Å². The molecule has 0 radical (unpaired) electrons. The van der Waals surface area contributed by atoms with Crippen LogP contribution in [0.1, 0.15) is 51.0 Å². The van der Waals surface area contributed by atoms with E-state index in [0.29, 0.717) is 5.92 Å². The monoisotopic (exact) mass is 227 g/mol. The van der Waals surface area contributed by atoms with E-state index in [0.717, 1.165) is 6.42 Å². The minimum absolute atomic E-state index is 0.145. The van der Waals surface area contributed by atoms with Gasteiger partial charge in [-0.2, -0.15) is 5.26 Å². The van der Waals surface area contributed by atoms with Crippen molar-refractivity contribution in [2.75, 3.05) is 0 Å². The van der Waals surface area contributed by atoms with Crippen molar-refractivity contribution in [3.8, 4) is 6.07 Å². The summed E-state index contributed by atoms with van der Waals surface area (Å²) in [4.78, 5) is 0. The Morgan fingerprint density at radius 2 is 2.00 bits per heavy atom. The maximum Gasteiger partial charge on any atom is 0.0854 e. The summed E-state index contributed by atoms with van der Waals surface area (Å²) >= 11 is 0. The standard InChI is InChI=1S/C16H21N/c1-2-3-4-6-11-15-12-16(15,13-17)14-9-7-5-8-10-14/h5,7-10,15H,2-4,6,11-12H2,1H3/t15-,16-/m1/s1. The highest BCUT2D eigenvalue weighted by Gasteiger charge is 2.55. The molecule has 1 saturated carbocycles.